The van der Waals surface area contributed by atoms with Crippen molar-refractivity contribution >= 4 is 17.6 Å². The lowest BCUT2D eigenvalue weighted by Gasteiger charge is -2.16. The molecule has 2 heterocycles. The Morgan fingerprint density at radius 3 is 2.39 bits per heavy atom. The van der Waals surface area contributed by atoms with Crippen LogP contribution in [0.3, 0.4) is 0 Å². The number of carbonyl (C=O) groups is 1. The lowest BCUT2D eigenvalue weighted by Crippen LogP contribution is -2.26. The van der Waals surface area contributed by atoms with Gasteiger partial charge in [0.1, 0.15) is 23.4 Å². The Kier molecular flexibility index (Phi) is 4.89. The highest BCUT2D eigenvalue weighted by molar-refractivity contribution is 5.76. The van der Waals surface area contributed by atoms with Gasteiger partial charge < -0.3 is 15.7 Å². The summed E-state index contributed by atoms with van der Waals surface area (Å²) in [6.07, 6.45) is 3.53. The largest absolute Gasteiger partial charge is 0.480 e. The number of nitrogens with one attached hydrogen (secondary N) is 2. The molecule has 0 unspecified atom stereocenters. The van der Waals surface area contributed by atoms with Gasteiger partial charge in [0.15, 0.2) is 5.82 Å². The van der Waals surface area contributed by atoms with Crippen LogP contribution in [0.15, 0.2) is 54.7 Å². The van der Waals surface area contributed by atoms with Gasteiger partial charge in [0.25, 0.3) is 0 Å². The quantitative estimate of drug-likeness (QED) is 0.609. The van der Waals surface area contributed by atoms with E-state index >= 15 is 0 Å². The van der Waals surface area contributed by atoms with Crippen LogP contribution in [0.4, 0.5) is 11.6 Å². The van der Waals surface area contributed by atoms with E-state index in [1.165, 1.54) is 11.1 Å². The van der Waals surface area contributed by atoms with Crippen LogP contribution in [0.1, 0.15) is 18.1 Å². The Bertz CT molecular complexity index is 968. The molecule has 3 N–H and O–H groups in total. The van der Waals surface area contributed by atoms with E-state index in [1.807, 2.05) is 18.2 Å². The fraction of sp³-hybridized carbons (Fsp3) is 0.238. The van der Waals surface area contributed by atoms with Crippen LogP contribution >= 0.6 is 0 Å². The molecule has 142 valence electrons. The zero-order chi connectivity index (χ0) is 19.5. The van der Waals surface area contributed by atoms with Gasteiger partial charge in [-0.3, -0.25) is 9.78 Å². The summed E-state index contributed by atoms with van der Waals surface area (Å²) >= 11 is 0. The number of carboxylic acids is 1. The van der Waals surface area contributed by atoms with Crippen LogP contribution in [-0.4, -0.2) is 38.1 Å². The Hall–Kier alpha value is -3.48. The number of aliphatic carboxylic acids is 1. The Morgan fingerprint density at radius 2 is 1.75 bits per heavy atom. The Balaban J connectivity index is 1.61. The van der Waals surface area contributed by atoms with Crippen molar-refractivity contribution in [2.75, 3.05) is 10.6 Å². The smallest absolute Gasteiger partial charge is 0.325 e. The molecule has 1 aliphatic carbocycles. The molecule has 1 aliphatic rings. The third-order valence-electron chi connectivity index (χ3n) is 4.76. The highest BCUT2D eigenvalue weighted by Gasteiger charge is 2.22. The molecular formula is C21H21N5O2. The minimum atomic E-state index is -0.946. The molecule has 0 fully saturated rings. The van der Waals surface area contributed by atoms with Gasteiger partial charge in [-0.15, -0.1) is 0 Å². The second kappa shape index (κ2) is 7.64. The number of hydrogen-bond acceptors (Lipinski definition) is 6. The average Bonchev–Trinajstić information content (AvgIpc) is 3.10. The summed E-state index contributed by atoms with van der Waals surface area (Å²) in [7, 11) is 0. The van der Waals surface area contributed by atoms with E-state index in [-0.39, 0.29) is 6.04 Å². The number of anilines is 2. The van der Waals surface area contributed by atoms with Gasteiger partial charge in [-0.2, -0.15) is 0 Å². The monoisotopic (exact) mass is 375 g/mol. The third-order valence-corrected chi connectivity index (χ3v) is 4.76. The predicted octanol–water partition coefficient (Wildman–Crippen LogP) is 3.00. The van der Waals surface area contributed by atoms with Crippen molar-refractivity contribution in [1.82, 2.24) is 15.0 Å². The Labute approximate surface area is 162 Å². The second-order valence-corrected chi connectivity index (χ2v) is 6.90. The zero-order valence-corrected chi connectivity index (χ0v) is 15.5. The van der Waals surface area contributed by atoms with Crippen LogP contribution in [0.5, 0.6) is 0 Å². The molecular weight excluding hydrogens is 354 g/mol. The van der Waals surface area contributed by atoms with Crippen molar-refractivity contribution in [2.45, 2.75) is 31.8 Å². The van der Waals surface area contributed by atoms with Crippen molar-refractivity contribution in [3.63, 3.8) is 0 Å². The number of pyridine rings is 1. The van der Waals surface area contributed by atoms with E-state index in [0.29, 0.717) is 23.2 Å². The van der Waals surface area contributed by atoms with Gasteiger partial charge in [0.2, 0.25) is 0 Å². The van der Waals surface area contributed by atoms with Crippen molar-refractivity contribution in [3.05, 3.63) is 65.9 Å². The van der Waals surface area contributed by atoms with E-state index < -0.39 is 12.0 Å². The molecule has 3 aromatic rings. The summed E-state index contributed by atoms with van der Waals surface area (Å²) in [6.45, 7) is 1.57. The van der Waals surface area contributed by atoms with Crippen LogP contribution in [0.25, 0.3) is 11.5 Å². The molecule has 0 amide bonds. The lowest BCUT2D eigenvalue weighted by atomic mass is 10.1. The number of benzene rings is 1. The van der Waals surface area contributed by atoms with Crippen LogP contribution in [-0.2, 0) is 17.6 Å². The van der Waals surface area contributed by atoms with Crippen LogP contribution in [0.2, 0.25) is 0 Å². The van der Waals surface area contributed by atoms with Crippen molar-refractivity contribution in [2.24, 2.45) is 0 Å². The van der Waals surface area contributed by atoms with E-state index in [1.54, 1.807) is 19.2 Å². The first-order valence-corrected chi connectivity index (χ1v) is 9.21. The number of rotatable bonds is 6. The van der Waals surface area contributed by atoms with Gasteiger partial charge >= 0.3 is 5.97 Å². The summed E-state index contributed by atoms with van der Waals surface area (Å²) in [5.41, 5.74) is 3.32. The van der Waals surface area contributed by atoms with Gasteiger partial charge in [0, 0.05) is 18.3 Å². The summed E-state index contributed by atoms with van der Waals surface area (Å²) < 4.78 is 0. The predicted molar refractivity (Wildman–Crippen MR) is 107 cm³/mol. The summed E-state index contributed by atoms with van der Waals surface area (Å²) in [5.74, 6) is 0.595. The molecule has 0 spiro atoms. The standard InChI is InChI=1S/C21H21N5O2/c1-13(21(27)28)23-18-12-19(26-20(25-18)17-8-4-5-9-22-17)24-16-10-14-6-2-3-7-15(14)11-16/h2-9,12-13,16H,10-11H2,1H3,(H,27,28)(H2,23,24,25,26)/t13-/m0/s1. The van der Waals surface area contributed by atoms with Crippen molar-refractivity contribution in [3.8, 4) is 11.5 Å². The highest BCUT2D eigenvalue weighted by Crippen LogP contribution is 2.26. The first-order valence-electron chi connectivity index (χ1n) is 9.21. The molecule has 0 radical (unpaired) electrons. The molecule has 0 saturated heterocycles. The summed E-state index contributed by atoms with van der Waals surface area (Å²) in [5, 5.41) is 15.6. The topological polar surface area (TPSA) is 100 Å². The van der Waals surface area contributed by atoms with E-state index in [4.69, 9.17) is 0 Å². The number of hydrogen-bond donors (Lipinski definition) is 3. The average molecular weight is 375 g/mol. The molecule has 28 heavy (non-hydrogen) atoms. The first kappa shape index (κ1) is 17.9. The van der Waals surface area contributed by atoms with Crippen molar-refractivity contribution < 1.29 is 9.90 Å². The molecule has 0 saturated carbocycles. The lowest BCUT2D eigenvalue weighted by molar-refractivity contribution is -0.137. The van der Waals surface area contributed by atoms with E-state index in [0.717, 1.165) is 12.8 Å². The van der Waals surface area contributed by atoms with Gasteiger partial charge in [-0.05, 0) is 43.0 Å². The summed E-state index contributed by atoms with van der Waals surface area (Å²) in [4.78, 5) is 24.6. The van der Waals surface area contributed by atoms with Gasteiger partial charge in [-0.1, -0.05) is 30.3 Å². The van der Waals surface area contributed by atoms with Crippen LogP contribution in [0, 0.1) is 0 Å². The maximum atomic E-state index is 11.2. The minimum Gasteiger partial charge on any atom is -0.480 e. The molecule has 1 aromatic carbocycles. The second-order valence-electron chi connectivity index (χ2n) is 6.90. The van der Waals surface area contributed by atoms with Crippen molar-refractivity contribution in [1.29, 1.82) is 0 Å². The molecule has 7 nitrogen and oxygen atoms in total. The maximum absolute atomic E-state index is 11.2. The highest BCUT2D eigenvalue weighted by atomic mass is 16.4. The first-order chi connectivity index (χ1) is 13.6. The summed E-state index contributed by atoms with van der Waals surface area (Å²) in [6, 6.07) is 15.1. The number of fused-ring (bicyclic) bond motifs is 1. The molecule has 0 aliphatic heterocycles. The van der Waals surface area contributed by atoms with Gasteiger partial charge in [-0.25, -0.2) is 9.97 Å². The molecule has 4 rings (SSSR count). The zero-order valence-electron chi connectivity index (χ0n) is 15.5. The number of nitrogens with zero attached hydrogens (tertiary/aromatic N) is 3. The molecule has 1 atom stereocenters. The van der Waals surface area contributed by atoms with Gasteiger partial charge in [0.05, 0.1) is 0 Å². The van der Waals surface area contributed by atoms with E-state index in [9.17, 15) is 9.90 Å². The minimum absolute atomic E-state index is 0.230. The normalized spacial score (nSPS) is 14.3. The third kappa shape index (κ3) is 3.93. The molecule has 0 bridgehead atoms. The fourth-order valence-corrected chi connectivity index (χ4v) is 3.36. The maximum Gasteiger partial charge on any atom is 0.325 e. The molecule has 2 aromatic heterocycles. The number of aromatic nitrogens is 3. The fourth-order valence-electron chi connectivity index (χ4n) is 3.36. The molecule has 7 heteroatoms. The Morgan fingerprint density at radius 1 is 1.07 bits per heavy atom. The van der Waals surface area contributed by atoms with E-state index in [2.05, 4.69) is 49.9 Å². The SMILES string of the molecule is C[C@H](Nc1cc(NC2Cc3ccccc3C2)nc(-c2ccccn2)n1)C(=O)O. The van der Waals surface area contributed by atoms with Crippen LogP contribution < -0.4 is 10.6 Å². The number of carboxylic acid groups (broad SMARTS) is 1.